The number of hydrogen-bond acceptors (Lipinski definition) is 4. The maximum absolute atomic E-state index is 12.9. The van der Waals surface area contributed by atoms with E-state index in [1.165, 1.54) is 5.56 Å². The van der Waals surface area contributed by atoms with Crippen molar-refractivity contribution in [1.82, 2.24) is 10.0 Å². The van der Waals surface area contributed by atoms with Crippen molar-refractivity contribution in [2.75, 3.05) is 0 Å². The average Bonchev–Trinajstić information content (AvgIpc) is 2.68. The van der Waals surface area contributed by atoms with Crippen LogP contribution in [-0.4, -0.2) is 32.5 Å². The Kier molecular flexibility index (Phi) is 7.33. The van der Waals surface area contributed by atoms with E-state index < -0.39 is 5.60 Å². The summed E-state index contributed by atoms with van der Waals surface area (Å²) in [6, 6.07) is 4.22. The van der Waals surface area contributed by atoms with Crippen LogP contribution in [0, 0.1) is 11.8 Å². The zero-order chi connectivity index (χ0) is 22.0. The van der Waals surface area contributed by atoms with Gasteiger partial charge in [-0.3, -0.25) is 14.6 Å². The smallest absolute Gasteiger partial charge is 0.139 e. The van der Waals surface area contributed by atoms with Crippen molar-refractivity contribution in [2.24, 2.45) is 11.8 Å². The molecule has 4 heteroatoms. The van der Waals surface area contributed by atoms with Crippen LogP contribution < -0.4 is 0 Å². The lowest BCUT2D eigenvalue weighted by Crippen LogP contribution is -2.68. The quantitative estimate of drug-likeness (QED) is 0.521. The summed E-state index contributed by atoms with van der Waals surface area (Å²) in [5, 5.41) is 2.22. The first-order valence-corrected chi connectivity index (χ1v) is 11.3. The number of ketones is 1. The van der Waals surface area contributed by atoms with E-state index >= 15 is 0 Å². The van der Waals surface area contributed by atoms with Crippen LogP contribution in [0.2, 0.25) is 0 Å². The SMILES string of the molecule is CCC1(C)CC(=O)C(C)C(C)(CC)N1OC(C)(C)C(CC(C)C)c1ccncc1. The van der Waals surface area contributed by atoms with Crippen LogP contribution in [0.5, 0.6) is 0 Å². The molecule has 2 rings (SSSR count). The van der Waals surface area contributed by atoms with Gasteiger partial charge in [0.25, 0.3) is 0 Å². The van der Waals surface area contributed by atoms with Gasteiger partial charge in [-0.05, 0) is 70.6 Å². The molecule has 1 aromatic heterocycles. The molecule has 1 aromatic rings. The predicted octanol–water partition coefficient (Wildman–Crippen LogP) is 6.17. The van der Waals surface area contributed by atoms with Gasteiger partial charge < -0.3 is 0 Å². The molecular formula is C25H42N2O2. The highest BCUT2D eigenvalue weighted by Gasteiger charge is 2.55. The van der Waals surface area contributed by atoms with Crippen LogP contribution in [-0.2, 0) is 9.63 Å². The van der Waals surface area contributed by atoms with E-state index in [1.54, 1.807) is 0 Å². The molecule has 0 radical (unpaired) electrons. The highest BCUT2D eigenvalue weighted by Crippen LogP contribution is 2.47. The van der Waals surface area contributed by atoms with Crippen molar-refractivity contribution in [3.05, 3.63) is 30.1 Å². The molecule has 1 saturated heterocycles. The van der Waals surface area contributed by atoms with Crippen molar-refractivity contribution < 1.29 is 9.63 Å². The molecule has 0 N–H and O–H groups in total. The van der Waals surface area contributed by atoms with Crippen LogP contribution in [0.25, 0.3) is 0 Å². The van der Waals surface area contributed by atoms with E-state index in [2.05, 4.69) is 84.5 Å². The third-order valence-electron chi connectivity index (χ3n) is 7.38. The molecule has 0 aromatic carbocycles. The second-order valence-electron chi connectivity index (χ2n) is 10.4. The fraction of sp³-hybridized carbons (Fsp3) is 0.760. The lowest BCUT2D eigenvalue weighted by Gasteiger charge is -2.58. The Morgan fingerprint density at radius 1 is 1.21 bits per heavy atom. The van der Waals surface area contributed by atoms with Gasteiger partial charge >= 0.3 is 0 Å². The second kappa shape index (κ2) is 8.85. The van der Waals surface area contributed by atoms with Crippen LogP contribution in [0.1, 0.15) is 99.5 Å². The molecule has 1 aliphatic heterocycles. The molecule has 0 aliphatic carbocycles. The van der Waals surface area contributed by atoms with E-state index in [9.17, 15) is 4.79 Å². The Labute approximate surface area is 178 Å². The minimum Gasteiger partial charge on any atom is -0.299 e. The Morgan fingerprint density at radius 2 is 1.79 bits per heavy atom. The molecule has 164 valence electrons. The first-order chi connectivity index (χ1) is 13.4. The van der Waals surface area contributed by atoms with Crippen LogP contribution in [0.4, 0.5) is 0 Å². The number of hydroxylamine groups is 2. The second-order valence-corrected chi connectivity index (χ2v) is 10.4. The summed E-state index contributed by atoms with van der Waals surface area (Å²) in [6.07, 6.45) is 7.06. The Balaban J connectivity index is 2.48. The third kappa shape index (κ3) is 4.74. The summed E-state index contributed by atoms with van der Waals surface area (Å²) in [5.41, 5.74) is 0.222. The molecule has 2 heterocycles. The molecule has 4 nitrogen and oxygen atoms in total. The van der Waals surface area contributed by atoms with Crippen molar-refractivity contribution in [2.45, 2.75) is 111 Å². The van der Waals surface area contributed by atoms with E-state index in [-0.39, 0.29) is 22.9 Å². The Bertz CT molecular complexity index is 687. The molecule has 0 saturated carbocycles. The highest BCUT2D eigenvalue weighted by atomic mass is 16.7. The van der Waals surface area contributed by atoms with Gasteiger partial charge in [-0.25, -0.2) is 0 Å². The number of carbonyl (C=O) groups excluding carboxylic acids is 1. The van der Waals surface area contributed by atoms with E-state index in [4.69, 9.17) is 4.84 Å². The predicted molar refractivity (Wildman–Crippen MR) is 120 cm³/mol. The summed E-state index contributed by atoms with van der Waals surface area (Å²) in [5.74, 6) is 1.09. The summed E-state index contributed by atoms with van der Waals surface area (Å²) in [6.45, 7) is 19.7. The minimum atomic E-state index is -0.418. The number of hydrogen-bond donors (Lipinski definition) is 0. The number of pyridine rings is 1. The summed E-state index contributed by atoms with van der Waals surface area (Å²) in [4.78, 5) is 24.1. The Morgan fingerprint density at radius 3 is 2.28 bits per heavy atom. The molecule has 4 unspecified atom stereocenters. The van der Waals surface area contributed by atoms with Crippen LogP contribution >= 0.6 is 0 Å². The molecule has 1 aliphatic rings. The van der Waals surface area contributed by atoms with Gasteiger partial charge in [0.1, 0.15) is 5.78 Å². The number of aromatic nitrogens is 1. The number of Topliss-reactive ketones (excluding diaryl/α,β-unsaturated/α-hetero) is 1. The van der Waals surface area contributed by atoms with Gasteiger partial charge in [0.15, 0.2) is 0 Å². The van der Waals surface area contributed by atoms with Crippen molar-refractivity contribution in [3.8, 4) is 0 Å². The molecule has 29 heavy (non-hydrogen) atoms. The Hall–Kier alpha value is -1.26. The summed E-state index contributed by atoms with van der Waals surface area (Å²) >= 11 is 0. The van der Waals surface area contributed by atoms with Gasteiger partial charge in [-0.15, -0.1) is 0 Å². The number of piperidine rings is 1. The monoisotopic (exact) mass is 402 g/mol. The molecule has 1 fully saturated rings. The maximum atomic E-state index is 12.9. The van der Waals surface area contributed by atoms with E-state index in [1.807, 2.05) is 12.4 Å². The fourth-order valence-electron chi connectivity index (χ4n) is 4.86. The molecule has 0 amide bonds. The third-order valence-corrected chi connectivity index (χ3v) is 7.38. The zero-order valence-corrected chi connectivity index (χ0v) is 20.1. The van der Waals surface area contributed by atoms with Gasteiger partial charge in [0, 0.05) is 30.7 Å². The largest absolute Gasteiger partial charge is 0.299 e. The first kappa shape index (κ1) is 24.0. The van der Waals surface area contributed by atoms with Crippen LogP contribution in [0.3, 0.4) is 0 Å². The molecule has 0 spiro atoms. The van der Waals surface area contributed by atoms with Gasteiger partial charge in [-0.1, -0.05) is 34.6 Å². The van der Waals surface area contributed by atoms with Gasteiger partial charge in [0.2, 0.25) is 0 Å². The first-order valence-electron chi connectivity index (χ1n) is 11.3. The lowest BCUT2D eigenvalue weighted by atomic mass is 9.70. The summed E-state index contributed by atoms with van der Waals surface area (Å²) < 4.78 is 0. The molecule has 0 bridgehead atoms. The topological polar surface area (TPSA) is 42.4 Å². The standard InChI is InChI=1S/C25H42N2O2/c1-10-24(8)17-22(28)19(5)25(9,11-2)27(24)29-23(6,7)21(16-18(3)4)20-12-14-26-15-13-20/h12-15,18-19,21H,10-11,16-17H2,1-9H3. The molecular weight excluding hydrogens is 360 g/mol. The number of rotatable bonds is 8. The van der Waals surface area contributed by atoms with E-state index in [0.717, 1.165) is 19.3 Å². The van der Waals surface area contributed by atoms with E-state index in [0.29, 0.717) is 18.1 Å². The fourth-order valence-corrected chi connectivity index (χ4v) is 4.86. The van der Waals surface area contributed by atoms with Crippen molar-refractivity contribution in [3.63, 3.8) is 0 Å². The number of carbonyl (C=O) groups is 1. The highest BCUT2D eigenvalue weighted by molar-refractivity contribution is 5.84. The van der Waals surface area contributed by atoms with Gasteiger partial charge in [-0.2, -0.15) is 5.06 Å². The maximum Gasteiger partial charge on any atom is 0.139 e. The molecule has 4 atom stereocenters. The normalized spacial score (nSPS) is 30.0. The average molecular weight is 403 g/mol. The van der Waals surface area contributed by atoms with Gasteiger partial charge in [0.05, 0.1) is 16.7 Å². The van der Waals surface area contributed by atoms with Crippen molar-refractivity contribution >= 4 is 5.78 Å². The number of nitrogens with zero attached hydrogens (tertiary/aromatic N) is 2. The lowest BCUT2D eigenvalue weighted by molar-refractivity contribution is -0.343. The van der Waals surface area contributed by atoms with Crippen LogP contribution in [0.15, 0.2) is 24.5 Å². The summed E-state index contributed by atoms with van der Waals surface area (Å²) in [7, 11) is 0. The van der Waals surface area contributed by atoms with Crippen molar-refractivity contribution in [1.29, 1.82) is 0 Å². The minimum absolute atomic E-state index is 0.0487. The zero-order valence-electron chi connectivity index (χ0n) is 20.1.